The summed E-state index contributed by atoms with van der Waals surface area (Å²) in [6, 6.07) is 5.32. The van der Waals surface area contributed by atoms with E-state index in [9.17, 15) is 14.0 Å². The first-order chi connectivity index (χ1) is 8.49. The van der Waals surface area contributed by atoms with Crippen molar-refractivity contribution in [2.75, 3.05) is 6.54 Å². The molecule has 1 aromatic rings. The molecule has 0 aliphatic carbocycles. The van der Waals surface area contributed by atoms with Crippen LogP contribution in [0.25, 0.3) is 0 Å². The molecule has 1 fully saturated rings. The molecule has 1 aliphatic rings. The lowest BCUT2D eigenvalue weighted by Crippen LogP contribution is -2.36. The van der Waals surface area contributed by atoms with E-state index in [4.69, 9.17) is 5.73 Å². The molecule has 0 aromatic heterocycles. The minimum absolute atomic E-state index is 0.103. The van der Waals surface area contributed by atoms with Gasteiger partial charge in [0, 0.05) is 24.9 Å². The van der Waals surface area contributed by atoms with Gasteiger partial charge in [-0.1, -0.05) is 19.1 Å². The maximum atomic E-state index is 13.1. The summed E-state index contributed by atoms with van der Waals surface area (Å²) in [5.41, 5.74) is 6.48. The molecule has 18 heavy (non-hydrogen) atoms. The number of nitrogens with two attached hydrogens (primary N) is 1. The monoisotopic (exact) mass is 250 g/mol. The molecule has 2 N–H and O–H groups in total. The highest BCUT2D eigenvalue weighted by Crippen LogP contribution is 2.22. The van der Waals surface area contributed by atoms with Gasteiger partial charge in [-0.2, -0.15) is 0 Å². The molecular formula is C13H15FN2O2. The highest BCUT2D eigenvalue weighted by Gasteiger charge is 2.36. The minimum atomic E-state index is -0.557. The zero-order valence-corrected chi connectivity index (χ0v) is 10.1. The van der Waals surface area contributed by atoms with Crippen LogP contribution in [0.15, 0.2) is 24.3 Å². The Bertz CT molecular complexity index is 490. The van der Waals surface area contributed by atoms with E-state index in [0.717, 1.165) is 0 Å². The van der Waals surface area contributed by atoms with E-state index in [1.54, 1.807) is 19.1 Å². The average molecular weight is 250 g/mol. The third-order valence-electron chi connectivity index (χ3n) is 3.13. The van der Waals surface area contributed by atoms with Crippen molar-refractivity contribution in [3.8, 4) is 0 Å². The molecule has 2 unspecified atom stereocenters. The predicted molar refractivity (Wildman–Crippen MR) is 63.8 cm³/mol. The Labute approximate surface area is 105 Å². The molecule has 2 rings (SSSR count). The number of amides is 2. The lowest BCUT2D eigenvalue weighted by Gasteiger charge is -2.19. The fourth-order valence-electron chi connectivity index (χ4n) is 2.08. The molecule has 1 heterocycles. The van der Waals surface area contributed by atoms with E-state index in [1.165, 1.54) is 17.0 Å². The van der Waals surface area contributed by atoms with Gasteiger partial charge in [-0.3, -0.25) is 14.5 Å². The third kappa shape index (κ3) is 2.41. The summed E-state index contributed by atoms with van der Waals surface area (Å²) in [4.78, 5) is 24.5. The largest absolute Gasteiger partial charge is 0.322 e. The quantitative estimate of drug-likeness (QED) is 0.820. The van der Waals surface area contributed by atoms with Crippen LogP contribution >= 0.6 is 0 Å². The summed E-state index contributed by atoms with van der Waals surface area (Å²) in [6.07, 6.45) is 0.231. The summed E-state index contributed by atoms with van der Waals surface area (Å²) >= 11 is 0. The van der Waals surface area contributed by atoms with Crippen molar-refractivity contribution in [3.05, 3.63) is 35.6 Å². The number of rotatable bonds is 3. The smallest absolute Gasteiger partial charge is 0.232 e. The van der Waals surface area contributed by atoms with Crippen molar-refractivity contribution in [1.82, 2.24) is 4.90 Å². The number of halogens is 1. The second-order valence-corrected chi connectivity index (χ2v) is 4.61. The van der Waals surface area contributed by atoms with Crippen LogP contribution in [-0.2, 0) is 9.59 Å². The van der Waals surface area contributed by atoms with Gasteiger partial charge in [0.1, 0.15) is 5.82 Å². The van der Waals surface area contributed by atoms with Crippen LogP contribution in [0.5, 0.6) is 0 Å². The van der Waals surface area contributed by atoms with Gasteiger partial charge in [-0.05, 0) is 17.7 Å². The van der Waals surface area contributed by atoms with E-state index in [-0.39, 0.29) is 36.5 Å². The van der Waals surface area contributed by atoms with Crippen LogP contribution in [0.2, 0.25) is 0 Å². The highest BCUT2D eigenvalue weighted by atomic mass is 19.1. The zero-order chi connectivity index (χ0) is 13.3. The molecule has 4 nitrogen and oxygen atoms in total. The van der Waals surface area contributed by atoms with E-state index in [2.05, 4.69) is 0 Å². The molecule has 1 aliphatic heterocycles. The van der Waals surface area contributed by atoms with Crippen molar-refractivity contribution >= 4 is 11.8 Å². The SMILES string of the molecule is CC1CC(=O)N(CC(N)c2cccc(F)c2)C1=O. The van der Waals surface area contributed by atoms with Crippen molar-refractivity contribution < 1.29 is 14.0 Å². The zero-order valence-electron chi connectivity index (χ0n) is 10.1. The molecule has 0 spiro atoms. The molecule has 0 saturated carbocycles. The maximum Gasteiger partial charge on any atom is 0.232 e. The number of hydrogen-bond donors (Lipinski definition) is 1. The number of carbonyl (C=O) groups is 2. The Hall–Kier alpha value is -1.75. The van der Waals surface area contributed by atoms with Crippen molar-refractivity contribution in [3.63, 3.8) is 0 Å². The number of nitrogens with zero attached hydrogens (tertiary/aromatic N) is 1. The average Bonchev–Trinajstić information content (AvgIpc) is 2.56. The second kappa shape index (κ2) is 4.86. The van der Waals surface area contributed by atoms with Gasteiger partial charge >= 0.3 is 0 Å². The van der Waals surface area contributed by atoms with Gasteiger partial charge < -0.3 is 5.73 Å². The summed E-state index contributed by atoms with van der Waals surface area (Å²) in [6.45, 7) is 1.82. The number of imide groups is 1. The van der Waals surface area contributed by atoms with E-state index in [0.29, 0.717) is 5.56 Å². The number of benzene rings is 1. The van der Waals surface area contributed by atoms with Gasteiger partial charge in [-0.25, -0.2) is 4.39 Å². The fourth-order valence-corrected chi connectivity index (χ4v) is 2.08. The summed E-state index contributed by atoms with van der Waals surface area (Å²) < 4.78 is 13.1. The third-order valence-corrected chi connectivity index (χ3v) is 3.13. The van der Waals surface area contributed by atoms with Crippen molar-refractivity contribution in [2.24, 2.45) is 11.7 Å². The molecule has 1 saturated heterocycles. The molecule has 2 amide bonds. The first-order valence-electron chi connectivity index (χ1n) is 5.84. The Kier molecular flexibility index (Phi) is 3.43. The molecule has 2 atom stereocenters. The topological polar surface area (TPSA) is 63.4 Å². The summed E-state index contributed by atoms with van der Waals surface area (Å²) in [5, 5.41) is 0. The molecule has 1 aromatic carbocycles. The normalized spacial score (nSPS) is 21.5. The van der Waals surface area contributed by atoms with Gasteiger partial charge in [-0.15, -0.1) is 0 Å². The van der Waals surface area contributed by atoms with Gasteiger partial charge in [0.2, 0.25) is 11.8 Å². The van der Waals surface area contributed by atoms with E-state index < -0.39 is 6.04 Å². The fraction of sp³-hybridized carbons (Fsp3) is 0.385. The Morgan fingerprint density at radius 2 is 2.22 bits per heavy atom. The minimum Gasteiger partial charge on any atom is -0.322 e. The highest BCUT2D eigenvalue weighted by molar-refractivity contribution is 6.03. The molecule has 0 radical (unpaired) electrons. The maximum absolute atomic E-state index is 13.1. The Balaban J connectivity index is 2.10. The second-order valence-electron chi connectivity index (χ2n) is 4.61. The Morgan fingerprint density at radius 3 is 2.78 bits per heavy atom. The van der Waals surface area contributed by atoms with Gasteiger partial charge in [0.05, 0.1) is 0 Å². The molecule has 5 heteroatoms. The van der Waals surface area contributed by atoms with E-state index in [1.807, 2.05) is 0 Å². The standard InChI is InChI=1S/C13H15FN2O2/c1-8-5-12(17)16(13(8)18)7-11(15)9-3-2-4-10(14)6-9/h2-4,6,8,11H,5,7,15H2,1H3. The van der Waals surface area contributed by atoms with Crippen LogP contribution in [-0.4, -0.2) is 23.3 Å². The summed E-state index contributed by atoms with van der Waals surface area (Å²) in [5.74, 6) is -1.07. The number of carbonyl (C=O) groups excluding carboxylic acids is 2. The molecular weight excluding hydrogens is 235 g/mol. The number of hydrogen-bond acceptors (Lipinski definition) is 3. The summed E-state index contributed by atoms with van der Waals surface area (Å²) in [7, 11) is 0. The molecule has 96 valence electrons. The first-order valence-corrected chi connectivity index (χ1v) is 5.84. The number of likely N-dealkylation sites (tertiary alicyclic amines) is 1. The lowest BCUT2D eigenvalue weighted by molar-refractivity contribution is -0.139. The Morgan fingerprint density at radius 1 is 1.50 bits per heavy atom. The van der Waals surface area contributed by atoms with Crippen LogP contribution in [0.4, 0.5) is 4.39 Å². The first kappa shape index (κ1) is 12.7. The van der Waals surface area contributed by atoms with Crippen molar-refractivity contribution in [1.29, 1.82) is 0 Å². The van der Waals surface area contributed by atoms with Crippen LogP contribution in [0.1, 0.15) is 24.9 Å². The van der Waals surface area contributed by atoms with Crippen molar-refractivity contribution in [2.45, 2.75) is 19.4 Å². The van der Waals surface area contributed by atoms with E-state index >= 15 is 0 Å². The predicted octanol–water partition coefficient (Wildman–Crippen LogP) is 1.22. The van der Waals surface area contributed by atoms with Crippen LogP contribution in [0.3, 0.4) is 0 Å². The molecule has 0 bridgehead atoms. The lowest BCUT2D eigenvalue weighted by atomic mass is 10.1. The van der Waals surface area contributed by atoms with Crippen LogP contribution < -0.4 is 5.73 Å². The van der Waals surface area contributed by atoms with Crippen LogP contribution in [0, 0.1) is 11.7 Å². The van der Waals surface area contributed by atoms with Gasteiger partial charge in [0.15, 0.2) is 0 Å². The van der Waals surface area contributed by atoms with Gasteiger partial charge in [0.25, 0.3) is 0 Å².